The third-order valence-corrected chi connectivity index (χ3v) is 5.38. The topological polar surface area (TPSA) is 75.4 Å². The second kappa shape index (κ2) is 6.48. The first kappa shape index (κ1) is 16.6. The summed E-state index contributed by atoms with van der Waals surface area (Å²) in [5, 5.41) is 2.92. The highest BCUT2D eigenvalue weighted by Gasteiger charge is 2.39. The summed E-state index contributed by atoms with van der Waals surface area (Å²) < 4.78 is 0. The Labute approximate surface area is 153 Å². The maximum Gasteiger partial charge on any atom is 0.258 e. The summed E-state index contributed by atoms with van der Waals surface area (Å²) >= 11 is 0. The number of carbonyl (C=O) groups excluding carboxylic acids is 2. The van der Waals surface area contributed by atoms with Gasteiger partial charge in [0.25, 0.3) is 5.91 Å². The van der Waals surface area contributed by atoms with E-state index in [1.165, 1.54) is 0 Å². The van der Waals surface area contributed by atoms with Gasteiger partial charge in [-0.15, -0.1) is 0 Å². The van der Waals surface area contributed by atoms with Gasteiger partial charge in [0.05, 0.1) is 0 Å². The fraction of sp³-hybridized carbons (Fsp3) is 0.333. The lowest BCUT2D eigenvalue weighted by Gasteiger charge is -2.30. The molecular weight excluding hydrogens is 326 g/mol. The van der Waals surface area contributed by atoms with Gasteiger partial charge in [-0.3, -0.25) is 9.59 Å². The SMILES string of the molecule is CC1CC1C(=O)Nc1ccc(C(=O)N2CCCc3c(N)cccc32)cc1. The van der Waals surface area contributed by atoms with Crippen LogP contribution >= 0.6 is 0 Å². The van der Waals surface area contributed by atoms with Gasteiger partial charge in [-0.1, -0.05) is 13.0 Å². The maximum absolute atomic E-state index is 13.0. The van der Waals surface area contributed by atoms with E-state index < -0.39 is 0 Å². The van der Waals surface area contributed by atoms with Crippen LogP contribution in [0.3, 0.4) is 0 Å². The molecule has 2 aromatic rings. The molecule has 2 amide bonds. The van der Waals surface area contributed by atoms with Crippen molar-refractivity contribution in [2.75, 3.05) is 22.5 Å². The molecule has 1 fully saturated rings. The number of nitrogens with one attached hydrogen (secondary N) is 1. The number of amides is 2. The Balaban J connectivity index is 1.51. The van der Waals surface area contributed by atoms with Gasteiger partial charge in [0, 0.05) is 35.1 Å². The number of anilines is 3. The van der Waals surface area contributed by atoms with E-state index in [1.807, 2.05) is 18.2 Å². The van der Waals surface area contributed by atoms with Crippen LogP contribution in [0, 0.1) is 11.8 Å². The number of hydrogen-bond donors (Lipinski definition) is 2. The molecule has 2 aromatic carbocycles. The average Bonchev–Trinajstić information content (AvgIpc) is 3.39. The largest absolute Gasteiger partial charge is 0.398 e. The number of hydrogen-bond acceptors (Lipinski definition) is 3. The van der Waals surface area contributed by atoms with Crippen LogP contribution in [0.4, 0.5) is 17.1 Å². The van der Waals surface area contributed by atoms with E-state index in [2.05, 4.69) is 12.2 Å². The molecule has 5 heteroatoms. The van der Waals surface area contributed by atoms with Crippen molar-refractivity contribution < 1.29 is 9.59 Å². The van der Waals surface area contributed by atoms with Crippen LogP contribution in [0.25, 0.3) is 0 Å². The molecule has 3 N–H and O–H groups in total. The highest BCUT2D eigenvalue weighted by Crippen LogP contribution is 2.38. The van der Waals surface area contributed by atoms with Crippen LogP contribution < -0.4 is 16.0 Å². The number of benzene rings is 2. The van der Waals surface area contributed by atoms with Crippen molar-refractivity contribution in [1.82, 2.24) is 0 Å². The highest BCUT2D eigenvalue weighted by molar-refractivity contribution is 6.07. The Morgan fingerprint density at radius 3 is 2.58 bits per heavy atom. The second-order valence-electron chi connectivity index (χ2n) is 7.29. The van der Waals surface area contributed by atoms with Crippen molar-refractivity contribution in [2.24, 2.45) is 11.8 Å². The molecule has 1 aliphatic heterocycles. The Hall–Kier alpha value is -2.82. The molecule has 134 valence electrons. The van der Waals surface area contributed by atoms with Gasteiger partial charge in [-0.2, -0.15) is 0 Å². The summed E-state index contributed by atoms with van der Waals surface area (Å²) in [6.45, 7) is 2.77. The van der Waals surface area contributed by atoms with Gasteiger partial charge in [-0.05, 0) is 67.1 Å². The molecule has 5 nitrogen and oxygen atoms in total. The van der Waals surface area contributed by atoms with Gasteiger partial charge in [0.15, 0.2) is 0 Å². The number of nitrogen functional groups attached to an aromatic ring is 1. The molecule has 0 saturated heterocycles. The molecule has 1 heterocycles. The first-order valence-electron chi connectivity index (χ1n) is 9.15. The predicted molar refractivity (Wildman–Crippen MR) is 103 cm³/mol. The number of nitrogens with two attached hydrogens (primary N) is 1. The third-order valence-electron chi connectivity index (χ3n) is 5.38. The first-order valence-corrected chi connectivity index (χ1v) is 9.15. The first-order chi connectivity index (χ1) is 12.5. The Morgan fingerprint density at radius 1 is 1.15 bits per heavy atom. The Kier molecular flexibility index (Phi) is 4.15. The molecule has 2 atom stereocenters. The van der Waals surface area contributed by atoms with Crippen LogP contribution in [-0.2, 0) is 11.2 Å². The Morgan fingerprint density at radius 2 is 1.88 bits per heavy atom. The minimum atomic E-state index is -0.0368. The molecule has 2 aliphatic rings. The Bertz CT molecular complexity index is 860. The smallest absolute Gasteiger partial charge is 0.258 e. The number of rotatable bonds is 3. The highest BCUT2D eigenvalue weighted by atomic mass is 16.2. The molecule has 0 aromatic heterocycles. The monoisotopic (exact) mass is 349 g/mol. The van der Waals surface area contributed by atoms with Crippen LogP contribution in [0.1, 0.15) is 35.7 Å². The summed E-state index contributed by atoms with van der Waals surface area (Å²) in [5.41, 5.74) is 10.1. The van der Waals surface area contributed by atoms with Crippen molar-refractivity contribution in [2.45, 2.75) is 26.2 Å². The molecule has 4 rings (SSSR count). The van der Waals surface area contributed by atoms with E-state index in [0.717, 1.165) is 41.9 Å². The van der Waals surface area contributed by atoms with E-state index in [1.54, 1.807) is 29.2 Å². The summed E-state index contributed by atoms with van der Waals surface area (Å²) in [4.78, 5) is 26.8. The van der Waals surface area contributed by atoms with Crippen LogP contribution in [-0.4, -0.2) is 18.4 Å². The van der Waals surface area contributed by atoms with Gasteiger partial charge < -0.3 is 16.0 Å². The third kappa shape index (κ3) is 3.05. The zero-order valence-corrected chi connectivity index (χ0v) is 14.9. The fourth-order valence-corrected chi connectivity index (χ4v) is 3.64. The van der Waals surface area contributed by atoms with E-state index in [-0.39, 0.29) is 17.7 Å². The molecule has 26 heavy (non-hydrogen) atoms. The van der Waals surface area contributed by atoms with Crippen molar-refractivity contribution in [3.05, 3.63) is 53.6 Å². The van der Waals surface area contributed by atoms with Crippen molar-refractivity contribution in [3.63, 3.8) is 0 Å². The van der Waals surface area contributed by atoms with E-state index >= 15 is 0 Å². The quantitative estimate of drug-likeness (QED) is 0.833. The zero-order chi connectivity index (χ0) is 18.3. The van der Waals surface area contributed by atoms with Crippen LogP contribution in [0.5, 0.6) is 0 Å². The van der Waals surface area contributed by atoms with E-state index in [4.69, 9.17) is 5.73 Å². The van der Waals surface area contributed by atoms with Crippen molar-refractivity contribution in [1.29, 1.82) is 0 Å². The molecule has 0 spiro atoms. The lowest BCUT2D eigenvalue weighted by Crippen LogP contribution is -2.35. The maximum atomic E-state index is 13.0. The van der Waals surface area contributed by atoms with Crippen LogP contribution in [0.15, 0.2) is 42.5 Å². The lowest BCUT2D eigenvalue weighted by atomic mass is 9.99. The fourth-order valence-electron chi connectivity index (χ4n) is 3.64. The number of fused-ring (bicyclic) bond motifs is 1. The van der Waals surface area contributed by atoms with Gasteiger partial charge in [0.1, 0.15) is 0 Å². The second-order valence-corrected chi connectivity index (χ2v) is 7.29. The molecule has 1 saturated carbocycles. The standard InChI is InChI=1S/C21H23N3O2/c1-13-12-17(13)20(25)23-15-9-7-14(8-10-15)21(26)24-11-3-4-16-18(22)5-2-6-19(16)24/h2,5-10,13,17H,3-4,11-12,22H2,1H3,(H,23,25). The minimum Gasteiger partial charge on any atom is -0.398 e. The summed E-state index contributed by atoms with van der Waals surface area (Å²) in [6.07, 6.45) is 2.76. The van der Waals surface area contributed by atoms with Gasteiger partial charge in [-0.25, -0.2) is 0 Å². The van der Waals surface area contributed by atoms with Crippen molar-refractivity contribution in [3.8, 4) is 0 Å². The summed E-state index contributed by atoms with van der Waals surface area (Å²) in [5.74, 6) is 0.635. The van der Waals surface area contributed by atoms with E-state index in [9.17, 15) is 9.59 Å². The molecule has 2 unspecified atom stereocenters. The lowest BCUT2D eigenvalue weighted by molar-refractivity contribution is -0.117. The molecular formula is C21H23N3O2. The van der Waals surface area contributed by atoms with Crippen molar-refractivity contribution >= 4 is 28.9 Å². The minimum absolute atomic E-state index is 0.0368. The normalized spacial score (nSPS) is 21.0. The number of nitrogens with zero attached hydrogens (tertiary/aromatic N) is 1. The molecule has 0 bridgehead atoms. The van der Waals surface area contributed by atoms with E-state index in [0.29, 0.717) is 18.0 Å². The molecule has 1 aliphatic carbocycles. The average molecular weight is 349 g/mol. The molecule has 0 radical (unpaired) electrons. The summed E-state index contributed by atoms with van der Waals surface area (Å²) in [7, 11) is 0. The van der Waals surface area contributed by atoms with Gasteiger partial charge >= 0.3 is 0 Å². The zero-order valence-electron chi connectivity index (χ0n) is 14.9. The van der Waals surface area contributed by atoms with Gasteiger partial charge in [0.2, 0.25) is 5.91 Å². The number of carbonyl (C=O) groups is 2. The van der Waals surface area contributed by atoms with Crippen LogP contribution in [0.2, 0.25) is 0 Å². The predicted octanol–water partition coefficient (Wildman–Crippen LogP) is 3.46. The summed E-state index contributed by atoms with van der Waals surface area (Å²) in [6, 6.07) is 12.9.